The molecule has 0 radical (unpaired) electrons. The maximum Gasteiger partial charge on any atom is 0.344 e. The van der Waals surface area contributed by atoms with Crippen molar-refractivity contribution in [3.63, 3.8) is 0 Å². The summed E-state index contributed by atoms with van der Waals surface area (Å²) in [5.41, 5.74) is 1.80. The molecule has 3 heterocycles. The number of aromatic nitrogens is 2. The third-order valence-corrected chi connectivity index (χ3v) is 6.84. The molecule has 11 heteroatoms. The van der Waals surface area contributed by atoms with Gasteiger partial charge in [-0.3, -0.25) is 19.8 Å². The lowest BCUT2D eigenvalue weighted by Crippen LogP contribution is -2.47. The summed E-state index contributed by atoms with van der Waals surface area (Å²) in [5.74, 6) is -0.211. The van der Waals surface area contributed by atoms with Crippen molar-refractivity contribution in [3.8, 4) is 0 Å². The number of hydrazine groups is 1. The van der Waals surface area contributed by atoms with Gasteiger partial charge in [-0.25, -0.2) is 9.78 Å². The van der Waals surface area contributed by atoms with Crippen LogP contribution < -0.4 is 16.3 Å². The highest BCUT2D eigenvalue weighted by Crippen LogP contribution is 2.30. The van der Waals surface area contributed by atoms with Gasteiger partial charge in [0.25, 0.3) is 17.4 Å². The van der Waals surface area contributed by atoms with Gasteiger partial charge < -0.3 is 10.3 Å². The molecule has 1 atom stereocenters. The number of nitrogens with zero attached hydrogens (tertiary/aromatic N) is 2. The molecule has 1 unspecified atom stereocenters. The van der Waals surface area contributed by atoms with E-state index in [1.54, 1.807) is 44.2 Å². The summed E-state index contributed by atoms with van der Waals surface area (Å²) in [7, 11) is 0. The number of hydrogen-bond donors (Lipinski definition) is 3. The lowest BCUT2D eigenvalue weighted by atomic mass is 9.92. The molecule has 3 aromatic rings. The largest absolute Gasteiger partial charge is 0.344 e. The van der Waals surface area contributed by atoms with Crippen LogP contribution in [0.5, 0.6) is 0 Å². The SMILES string of the molecule is CSCc1nc2sc(C(=O)NN3C(=O)NC(C)(c4ccccc4)C3=O)c(C)c2c(=O)[nH]1. The minimum Gasteiger partial charge on any atom is -0.318 e. The summed E-state index contributed by atoms with van der Waals surface area (Å²) in [6.45, 7) is 3.22. The molecule has 160 valence electrons. The smallest absolute Gasteiger partial charge is 0.318 e. The fraction of sp³-hybridized carbons (Fsp3) is 0.250. The van der Waals surface area contributed by atoms with Crippen molar-refractivity contribution in [2.24, 2.45) is 0 Å². The topological polar surface area (TPSA) is 124 Å². The Morgan fingerprint density at radius 3 is 2.65 bits per heavy atom. The van der Waals surface area contributed by atoms with Crippen LogP contribution in [0.15, 0.2) is 35.1 Å². The maximum atomic E-state index is 13.0. The molecule has 0 aliphatic carbocycles. The summed E-state index contributed by atoms with van der Waals surface area (Å²) < 4.78 is 0. The Hall–Kier alpha value is -3.18. The van der Waals surface area contributed by atoms with Crippen molar-refractivity contribution in [2.75, 3.05) is 6.26 Å². The van der Waals surface area contributed by atoms with E-state index in [4.69, 9.17) is 0 Å². The van der Waals surface area contributed by atoms with Crippen LogP contribution in [0.2, 0.25) is 0 Å². The van der Waals surface area contributed by atoms with E-state index in [2.05, 4.69) is 20.7 Å². The molecule has 3 N–H and O–H groups in total. The minimum absolute atomic E-state index is 0.211. The second kappa shape index (κ2) is 7.82. The first-order valence-corrected chi connectivity index (χ1v) is 11.5. The number of rotatable bonds is 5. The molecule has 0 spiro atoms. The van der Waals surface area contributed by atoms with Crippen LogP contribution >= 0.6 is 23.1 Å². The quantitative estimate of drug-likeness (QED) is 0.505. The van der Waals surface area contributed by atoms with Gasteiger partial charge in [-0.15, -0.1) is 11.3 Å². The van der Waals surface area contributed by atoms with Gasteiger partial charge in [0.1, 0.15) is 16.2 Å². The molecule has 1 saturated heterocycles. The summed E-state index contributed by atoms with van der Waals surface area (Å²) in [5, 5.41) is 3.63. The number of benzene rings is 1. The van der Waals surface area contributed by atoms with E-state index in [0.29, 0.717) is 37.9 Å². The van der Waals surface area contributed by atoms with Crippen molar-refractivity contribution < 1.29 is 14.4 Å². The number of thiophene rings is 1. The predicted octanol–water partition coefficient (Wildman–Crippen LogP) is 2.27. The third-order valence-electron chi connectivity index (χ3n) is 5.09. The van der Waals surface area contributed by atoms with Crippen molar-refractivity contribution in [1.29, 1.82) is 0 Å². The van der Waals surface area contributed by atoms with Gasteiger partial charge >= 0.3 is 6.03 Å². The summed E-state index contributed by atoms with van der Waals surface area (Å²) in [6, 6.07) is 8.04. The molecule has 1 fully saturated rings. The Morgan fingerprint density at radius 1 is 1.26 bits per heavy atom. The summed E-state index contributed by atoms with van der Waals surface area (Å²) in [4.78, 5) is 58.7. The highest BCUT2D eigenvalue weighted by molar-refractivity contribution is 7.97. The number of fused-ring (bicyclic) bond motifs is 1. The summed E-state index contributed by atoms with van der Waals surface area (Å²) in [6.07, 6.45) is 1.89. The van der Waals surface area contributed by atoms with E-state index in [0.717, 1.165) is 11.3 Å². The number of nitrogens with one attached hydrogen (secondary N) is 3. The fourth-order valence-corrected chi connectivity index (χ4v) is 4.97. The van der Waals surface area contributed by atoms with Gasteiger partial charge in [-0.1, -0.05) is 30.3 Å². The van der Waals surface area contributed by atoms with Gasteiger partial charge in [0.2, 0.25) is 0 Å². The normalized spacial score (nSPS) is 18.5. The molecular weight excluding hydrogens is 438 g/mol. The monoisotopic (exact) mass is 457 g/mol. The Balaban J connectivity index is 1.64. The molecule has 2 aromatic heterocycles. The van der Waals surface area contributed by atoms with Gasteiger partial charge in [0.15, 0.2) is 0 Å². The van der Waals surface area contributed by atoms with Gasteiger partial charge in [-0.05, 0) is 31.2 Å². The van der Waals surface area contributed by atoms with Gasteiger partial charge in [0.05, 0.1) is 16.0 Å². The average molecular weight is 458 g/mol. The molecule has 1 aliphatic rings. The molecule has 0 bridgehead atoms. The molecule has 9 nitrogen and oxygen atoms in total. The second-order valence-electron chi connectivity index (χ2n) is 7.18. The number of amides is 4. The van der Waals surface area contributed by atoms with E-state index in [-0.39, 0.29) is 10.4 Å². The predicted molar refractivity (Wildman–Crippen MR) is 119 cm³/mol. The molecule has 4 rings (SSSR count). The van der Waals surface area contributed by atoms with Crippen LogP contribution in [0, 0.1) is 6.92 Å². The van der Waals surface area contributed by atoms with E-state index >= 15 is 0 Å². The van der Waals surface area contributed by atoms with Gasteiger partial charge in [-0.2, -0.15) is 16.8 Å². The van der Waals surface area contributed by atoms with Crippen LogP contribution in [-0.4, -0.2) is 39.1 Å². The molecular formula is C20H19N5O4S2. The Labute approximate surface area is 185 Å². The first-order valence-electron chi connectivity index (χ1n) is 9.30. The number of aromatic amines is 1. The van der Waals surface area contributed by atoms with E-state index in [9.17, 15) is 19.2 Å². The highest BCUT2D eigenvalue weighted by Gasteiger charge is 2.50. The minimum atomic E-state index is -1.30. The van der Waals surface area contributed by atoms with Crippen LogP contribution in [0.25, 0.3) is 10.2 Å². The maximum absolute atomic E-state index is 13.0. The average Bonchev–Trinajstić information content (AvgIpc) is 3.18. The van der Waals surface area contributed by atoms with E-state index in [1.165, 1.54) is 11.8 Å². The molecule has 4 amide bonds. The van der Waals surface area contributed by atoms with E-state index in [1.807, 2.05) is 6.26 Å². The summed E-state index contributed by atoms with van der Waals surface area (Å²) >= 11 is 2.56. The number of thioether (sulfide) groups is 1. The first-order chi connectivity index (χ1) is 14.8. The third kappa shape index (κ3) is 3.49. The number of H-pyrrole nitrogens is 1. The lowest BCUT2D eigenvalue weighted by molar-refractivity contribution is -0.132. The van der Waals surface area contributed by atoms with Gasteiger partial charge in [0, 0.05) is 0 Å². The van der Waals surface area contributed by atoms with E-state index < -0.39 is 23.4 Å². The standard InChI is InChI=1S/C20H19N5O4S2/c1-10-13-15(26)21-12(9-30-3)22-17(13)31-14(10)16(27)24-25-18(28)20(2,23-19(25)29)11-7-5-4-6-8-11/h4-8H,9H2,1-3H3,(H,23,29)(H,24,27)(H,21,22,26). The molecule has 0 saturated carbocycles. The molecule has 31 heavy (non-hydrogen) atoms. The fourth-order valence-electron chi connectivity index (χ4n) is 3.47. The lowest BCUT2D eigenvalue weighted by Gasteiger charge is -2.22. The number of carbonyl (C=O) groups excluding carboxylic acids is 3. The zero-order valence-electron chi connectivity index (χ0n) is 16.9. The number of urea groups is 1. The highest BCUT2D eigenvalue weighted by atomic mass is 32.2. The van der Waals surface area contributed by atoms with Crippen LogP contribution in [-0.2, 0) is 16.1 Å². The number of imide groups is 1. The zero-order chi connectivity index (χ0) is 22.3. The number of aryl methyl sites for hydroxylation is 1. The first kappa shape index (κ1) is 21.1. The van der Waals surface area contributed by atoms with Crippen molar-refractivity contribution >= 4 is 51.2 Å². The van der Waals surface area contributed by atoms with Crippen molar-refractivity contribution in [3.05, 3.63) is 62.5 Å². The second-order valence-corrected chi connectivity index (χ2v) is 9.05. The Bertz CT molecular complexity index is 1270. The Kier molecular flexibility index (Phi) is 5.31. The molecule has 1 aliphatic heterocycles. The number of hydrogen-bond acceptors (Lipinski definition) is 7. The van der Waals surface area contributed by atoms with Crippen LogP contribution in [0.4, 0.5) is 4.79 Å². The Morgan fingerprint density at radius 2 is 1.97 bits per heavy atom. The van der Waals surface area contributed by atoms with Crippen LogP contribution in [0.1, 0.15) is 33.5 Å². The van der Waals surface area contributed by atoms with Crippen molar-refractivity contribution in [1.82, 2.24) is 25.7 Å². The number of carbonyl (C=O) groups is 3. The zero-order valence-corrected chi connectivity index (χ0v) is 18.6. The van der Waals surface area contributed by atoms with Crippen molar-refractivity contribution in [2.45, 2.75) is 25.1 Å². The molecule has 1 aromatic carbocycles. The van der Waals surface area contributed by atoms with Crippen LogP contribution in [0.3, 0.4) is 0 Å².